The number of hydrogen-bond donors (Lipinski definition) is 1. The van der Waals surface area contributed by atoms with Crippen molar-refractivity contribution in [1.82, 2.24) is 19.4 Å². The first-order valence-corrected chi connectivity index (χ1v) is 6.52. The summed E-state index contributed by atoms with van der Waals surface area (Å²) in [5.41, 5.74) is 0. The third-order valence-corrected chi connectivity index (χ3v) is 3.97. The van der Waals surface area contributed by atoms with E-state index < -0.39 is 10.0 Å². The molecule has 7 heteroatoms. The number of hydrogen-bond acceptors (Lipinski definition) is 4. The first-order chi connectivity index (χ1) is 7.48. The molecular weight excluding hydrogens is 228 g/mol. The van der Waals surface area contributed by atoms with Crippen LogP contribution in [0.15, 0.2) is 17.3 Å². The molecule has 0 spiro atoms. The van der Waals surface area contributed by atoms with E-state index in [1.807, 2.05) is 7.05 Å². The normalized spacial score (nSPS) is 12.2. The van der Waals surface area contributed by atoms with E-state index in [1.54, 1.807) is 10.9 Å². The molecule has 1 aromatic rings. The molecule has 0 radical (unpaired) electrons. The number of aryl methyl sites for hydroxylation is 1. The van der Waals surface area contributed by atoms with Gasteiger partial charge in [0, 0.05) is 26.8 Å². The fourth-order valence-corrected chi connectivity index (χ4v) is 2.09. The van der Waals surface area contributed by atoms with Crippen LogP contribution in [0.3, 0.4) is 0 Å². The lowest BCUT2D eigenvalue weighted by molar-refractivity contribution is 0.520. The molecule has 1 heterocycles. The van der Waals surface area contributed by atoms with Gasteiger partial charge in [0.05, 0.1) is 6.20 Å². The zero-order valence-electron chi connectivity index (χ0n) is 9.84. The van der Waals surface area contributed by atoms with E-state index in [0.29, 0.717) is 6.54 Å². The SMILES string of the molecule is CNCCCn1cc(S(=O)(=O)N(C)C)cn1. The second-order valence-electron chi connectivity index (χ2n) is 3.68. The molecule has 0 fully saturated rings. The lowest BCUT2D eigenvalue weighted by Gasteiger charge is -2.08. The number of nitrogens with one attached hydrogen (secondary N) is 1. The van der Waals surface area contributed by atoms with Gasteiger partial charge in [0.15, 0.2) is 0 Å². The highest BCUT2D eigenvalue weighted by atomic mass is 32.2. The molecule has 0 aromatic carbocycles. The Bertz CT molecular complexity index is 424. The summed E-state index contributed by atoms with van der Waals surface area (Å²) in [5.74, 6) is 0. The van der Waals surface area contributed by atoms with Crippen molar-refractivity contribution in [2.75, 3.05) is 27.7 Å². The fraction of sp³-hybridized carbons (Fsp3) is 0.667. The van der Waals surface area contributed by atoms with Gasteiger partial charge >= 0.3 is 0 Å². The summed E-state index contributed by atoms with van der Waals surface area (Å²) >= 11 is 0. The van der Waals surface area contributed by atoms with Crippen LogP contribution in [0.25, 0.3) is 0 Å². The Hall–Kier alpha value is -0.920. The summed E-state index contributed by atoms with van der Waals surface area (Å²) in [4.78, 5) is 0.238. The van der Waals surface area contributed by atoms with Gasteiger partial charge in [0.2, 0.25) is 10.0 Å². The third-order valence-electron chi connectivity index (χ3n) is 2.20. The van der Waals surface area contributed by atoms with E-state index in [9.17, 15) is 8.42 Å². The summed E-state index contributed by atoms with van der Waals surface area (Å²) in [6.07, 6.45) is 3.86. The maximum absolute atomic E-state index is 11.7. The molecular formula is C9H18N4O2S. The monoisotopic (exact) mass is 246 g/mol. The van der Waals surface area contributed by atoms with E-state index in [0.717, 1.165) is 13.0 Å². The molecule has 6 nitrogen and oxygen atoms in total. The van der Waals surface area contributed by atoms with Gasteiger partial charge in [0.1, 0.15) is 4.90 Å². The average Bonchev–Trinajstić information content (AvgIpc) is 2.67. The second-order valence-corrected chi connectivity index (χ2v) is 5.84. The molecule has 92 valence electrons. The van der Waals surface area contributed by atoms with Crippen molar-refractivity contribution < 1.29 is 8.42 Å². The molecule has 0 bridgehead atoms. The van der Waals surface area contributed by atoms with Crippen LogP contribution in [0.2, 0.25) is 0 Å². The molecule has 0 aliphatic carbocycles. The van der Waals surface area contributed by atoms with Crippen molar-refractivity contribution in [3.63, 3.8) is 0 Å². The molecule has 1 N–H and O–H groups in total. The molecule has 16 heavy (non-hydrogen) atoms. The predicted octanol–water partition coefficient (Wildman–Crippen LogP) is -0.257. The van der Waals surface area contributed by atoms with E-state index in [2.05, 4.69) is 10.4 Å². The lowest BCUT2D eigenvalue weighted by Crippen LogP contribution is -2.21. The lowest BCUT2D eigenvalue weighted by atomic mass is 10.4. The van der Waals surface area contributed by atoms with Crippen LogP contribution in [0.1, 0.15) is 6.42 Å². The van der Waals surface area contributed by atoms with Crippen molar-refractivity contribution >= 4 is 10.0 Å². The van der Waals surface area contributed by atoms with E-state index in [1.165, 1.54) is 24.6 Å². The molecule has 0 unspecified atom stereocenters. The first-order valence-electron chi connectivity index (χ1n) is 5.08. The second kappa shape index (κ2) is 5.42. The van der Waals surface area contributed by atoms with Crippen LogP contribution in [0, 0.1) is 0 Å². The Labute approximate surface area is 96.3 Å². The van der Waals surface area contributed by atoms with Gasteiger partial charge in [-0.2, -0.15) is 5.10 Å². The van der Waals surface area contributed by atoms with Crippen LogP contribution >= 0.6 is 0 Å². The minimum atomic E-state index is -3.35. The Morgan fingerprint density at radius 1 is 1.50 bits per heavy atom. The number of sulfonamides is 1. The Kier molecular flexibility index (Phi) is 4.45. The molecule has 0 aliphatic heterocycles. The van der Waals surface area contributed by atoms with Gasteiger partial charge in [-0.05, 0) is 20.0 Å². The quantitative estimate of drug-likeness (QED) is 0.702. The molecule has 1 aromatic heterocycles. The molecule has 0 saturated heterocycles. The van der Waals surface area contributed by atoms with Gasteiger partial charge in [-0.25, -0.2) is 12.7 Å². The highest BCUT2D eigenvalue weighted by molar-refractivity contribution is 7.89. The number of rotatable bonds is 6. The minimum Gasteiger partial charge on any atom is -0.320 e. The van der Waals surface area contributed by atoms with Crippen LogP contribution in [0.5, 0.6) is 0 Å². The number of nitrogens with zero attached hydrogens (tertiary/aromatic N) is 3. The fourth-order valence-electron chi connectivity index (χ4n) is 1.23. The molecule has 0 atom stereocenters. The molecule has 1 rings (SSSR count). The van der Waals surface area contributed by atoms with Crippen molar-refractivity contribution in [2.45, 2.75) is 17.9 Å². The summed E-state index contributed by atoms with van der Waals surface area (Å²) in [6.45, 7) is 1.60. The van der Waals surface area contributed by atoms with Crippen molar-refractivity contribution in [3.05, 3.63) is 12.4 Å². The van der Waals surface area contributed by atoms with Crippen molar-refractivity contribution in [1.29, 1.82) is 0 Å². The zero-order valence-corrected chi connectivity index (χ0v) is 10.7. The van der Waals surface area contributed by atoms with Crippen LogP contribution in [-0.2, 0) is 16.6 Å². The zero-order chi connectivity index (χ0) is 12.2. The smallest absolute Gasteiger partial charge is 0.245 e. The predicted molar refractivity (Wildman–Crippen MR) is 61.6 cm³/mol. The van der Waals surface area contributed by atoms with E-state index in [-0.39, 0.29) is 4.90 Å². The van der Waals surface area contributed by atoms with Crippen LogP contribution in [-0.4, -0.2) is 50.2 Å². The standard InChI is InChI=1S/C9H18N4O2S/c1-10-5-4-6-13-8-9(7-11-13)16(14,15)12(2)3/h7-8,10H,4-6H2,1-3H3. The van der Waals surface area contributed by atoms with E-state index >= 15 is 0 Å². The topological polar surface area (TPSA) is 67.2 Å². The van der Waals surface area contributed by atoms with Crippen LogP contribution < -0.4 is 5.32 Å². The van der Waals surface area contributed by atoms with Crippen molar-refractivity contribution in [2.24, 2.45) is 0 Å². The Balaban J connectivity index is 2.72. The van der Waals surface area contributed by atoms with Gasteiger partial charge < -0.3 is 5.32 Å². The van der Waals surface area contributed by atoms with Gasteiger partial charge in [-0.1, -0.05) is 0 Å². The van der Waals surface area contributed by atoms with Gasteiger partial charge in [0.25, 0.3) is 0 Å². The van der Waals surface area contributed by atoms with Gasteiger partial charge in [-0.3, -0.25) is 4.68 Å². The maximum atomic E-state index is 11.7. The summed E-state index contributed by atoms with van der Waals surface area (Å²) in [5, 5.41) is 7.05. The molecule has 0 saturated carbocycles. The summed E-state index contributed by atoms with van der Waals surface area (Å²) in [7, 11) is 1.54. The molecule has 0 aliphatic rings. The van der Waals surface area contributed by atoms with E-state index in [4.69, 9.17) is 0 Å². The Morgan fingerprint density at radius 2 is 2.19 bits per heavy atom. The Morgan fingerprint density at radius 3 is 2.75 bits per heavy atom. The molecule has 0 amide bonds. The van der Waals surface area contributed by atoms with Crippen LogP contribution in [0.4, 0.5) is 0 Å². The highest BCUT2D eigenvalue weighted by Crippen LogP contribution is 2.11. The largest absolute Gasteiger partial charge is 0.320 e. The minimum absolute atomic E-state index is 0.238. The third kappa shape index (κ3) is 3.03. The van der Waals surface area contributed by atoms with Gasteiger partial charge in [-0.15, -0.1) is 0 Å². The highest BCUT2D eigenvalue weighted by Gasteiger charge is 2.18. The first kappa shape index (κ1) is 13.1. The van der Waals surface area contributed by atoms with Crippen molar-refractivity contribution in [3.8, 4) is 0 Å². The average molecular weight is 246 g/mol. The summed E-state index contributed by atoms with van der Waals surface area (Å²) < 4.78 is 26.3. The maximum Gasteiger partial charge on any atom is 0.245 e. The number of aromatic nitrogens is 2. The summed E-state index contributed by atoms with van der Waals surface area (Å²) in [6, 6.07) is 0.